The highest BCUT2D eigenvalue weighted by molar-refractivity contribution is 7.10. The molecule has 0 bridgehead atoms. The summed E-state index contributed by atoms with van der Waals surface area (Å²) in [5.74, 6) is -1.32. The Morgan fingerprint density at radius 2 is 2.21 bits per heavy atom. The van der Waals surface area contributed by atoms with Gasteiger partial charge >= 0.3 is 5.97 Å². The Labute approximate surface area is 112 Å². The summed E-state index contributed by atoms with van der Waals surface area (Å²) < 4.78 is 0. The molecule has 6 heteroatoms. The van der Waals surface area contributed by atoms with E-state index < -0.39 is 5.97 Å². The number of thiophene rings is 1. The molecule has 3 rings (SSSR count). The first-order chi connectivity index (χ1) is 9.15. The first-order valence-corrected chi connectivity index (χ1v) is 6.41. The highest BCUT2D eigenvalue weighted by Gasteiger charge is 2.22. The number of fused-ring (bicyclic) bond motifs is 1. The van der Waals surface area contributed by atoms with Gasteiger partial charge in [-0.05, 0) is 23.6 Å². The van der Waals surface area contributed by atoms with Gasteiger partial charge in [0.05, 0.1) is 22.5 Å². The molecule has 3 heterocycles. The predicted octanol–water partition coefficient (Wildman–Crippen LogP) is 2.03. The summed E-state index contributed by atoms with van der Waals surface area (Å²) in [5, 5.41) is 10.8. The molecule has 0 aliphatic carbocycles. The van der Waals surface area contributed by atoms with Crippen molar-refractivity contribution in [3.8, 4) is 0 Å². The van der Waals surface area contributed by atoms with Crippen molar-refractivity contribution < 1.29 is 14.7 Å². The monoisotopic (exact) mass is 272 g/mol. The lowest BCUT2D eigenvalue weighted by atomic mass is 10.0. The molecule has 1 aliphatic heterocycles. The highest BCUT2D eigenvalue weighted by Crippen LogP contribution is 2.24. The molecule has 0 aromatic carbocycles. The van der Waals surface area contributed by atoms with Crippen molar-refractivity contribution in [3.05, 3.63) is 51.5 Å². The second-order valence-corrected chi connectivity index (χ2v) is 5.03. The van der Waals surface area contributed by atoms with Gasteiger partial charge in [-0.3, -0.25) is 9.78 Å². The van der Waals surface area contributed by atoms with Crippen LogP contribution in [0.1, 0.15) is 31.3 Å². The Balaban J connectivity index is 2.02. The zero-order valence-electron chi connectivity index (χ0n) is 9.66. The topological polar surface area (TPSA) is 79.6 Å². The van der Waals surface area contributed by atoms with E-state index in [1.54, 1.807) is 6.07 Å². The molecule has 1 amide bonds. The Hall–Kier alpha value is -2.34. The number of carboxylic acids is 1. The first kappa shape index (κ1) is 11.7. The van der Waals surface area contributed by atoms with E-state index in [2.05, 4.69) is 9.98 Å². The number of rotatable bonds is 2. The van der Waals surface area contributed by atoms with Crippen molar-refractivity contribution in [2.75, 3.05) is 0 Å². The number of pyridine rings is 1. The number of carboxylic acid groups (broad SMARTS) is 1. The second-order valence-electron chi connectivity index (χ2n) is 4.03. The normalized spacial score (nSPS) is 13.9. The fourth-order valence-electron chi connectivity index (χ4n) is 1.91. The van der Waals surface area contributed by atoms with E-state index in [1.165, 1.54) is 29.7 Å². The number of aromatic carboxylic acids is 1. The van der Waals surface area contributed by atoms with Crippen molar-refractivity contribution in [1.29, 1.82) is 0 Å². The molecule has 0 fully saturated rings. The van der Waals surface area contributed by atoms with Crippen molar-refractivity contribution in [3.63, 3.8) is 0 Å². The SMILES string of the molecule is O=C(O)c1ccnc(C2=NC(=O)c3ccsc3C2)c1. The van der Waals surface area contributed by atoms with Crippen LogP contribution in [-0.4, -0.2) is 27.7 Å². The summed E-state index contributed by atoms with van der Waals surface area (Å²) in [6.07, 6.45) is 1.92. The van der Waals surface area contributed by atoms with Crippen molar-refractivity contribution >= 4 is 28.9 Å². The molecule has 0 saturated heterocycles. The molecule has 0 saturated carbocycles. The smallest absolute Gasteiger partial charge is 0.335 e. The average molecular weight is 272 g/mol. The molecule has 0 radical (unpaired) electrons. The van der Waals surface area contributed by atoms with E-state index >= 15 is 0 Å². The van der Waals surface area contributed by atoms with Crippen molar-refractivity contribution in [1.82, 2.24) is 4.98 Å². The molecule has 0 spiro atoms. The van der Waals surface area contributed by atoms with Gasteiger partial charge in [0.1, 0.15) is 0 Å². The molecular formula is C13H8N2O3S. The Morgan fingerprint density at radius 1 is 1.37 bits per heavy atom. The van der Waals surface area contributed by atoms with Crippen LogP contribution in [0.25, 0.3) is 0 Å². The van der Waals surface area contributed by atoms with Gasteiger partial charge in [-0.15, -0.1) is 11.3 Å². The van der Waals surface area contributed by atoms with E-state index in [0.29, 0.717) is 23.4 Å². The number of carbonyl (C=O) groups excluding carboxylic acids is 1. The molecular weight excluding hydrogens is 264 g/mol. The number of amides is 1. The molecule has 0 atom stereocenters. The van der Waals surface area contributed by atoms with Crippen molar-refractivity contribution in [2.45, 2.75) is 6.42 Å². The molecule has 1 N–H and O–H groups in total. The van der Waals surface area contributed by atoms with Crippen LogP contribution in [0.3, 0.4) is 0 Å². The molecule has 0 unspecified atom stereocenters. The predicted molar refractivity (Wildman–Crippen MR) is 70.1 cm³/mol. The zero-order chi connectivity index (χ0) is 13.4. The van der Waals surface area contributed by atoms with Crippen LogP contribution in [0.4, 0.5) is 0 Å². The van der Waals surface area contributed by atoms with Gasteiger partial charge in [0, 0.05) is 17.5 Å². The third-order valence-corrected chi connectivity index (χ3v) is 3.76. The van der Waals surface area contributed by atoms with Crippen LogP contribution in [0.2, 0.25) is 0 Å². The maximum Gasteiger partial charge on any atom is 0.335 e. The summed E-state index contributed by atoms with van der Waals surface area (Å²) in [6, 6.07) is 4.60. The first-order valence-electron chi connectivity index (χ1n) is 5.53. The lowest BCUT2D eigenvalue weighted by Crippen LogP contribution is -2.17. The number of hydrogen-bond donors (Lipinski definition) is 1. The molecule has 2 aromatic heterocycles. The lowest BCUT2D eigenvalue weighted by molar-refractivity contribution is 0.0696. The van der Waals surface area contributed by atoms with Gasteiger partial charge in [-0.1, -0.05) is 0 Å². The summed E-state index contributed by atoms with van der Waals surface area (Å²) >= 11 is 1.49. The Morgan fingerprint density at radius 3 is 3.00 bits per heavy atom. The molecule has 19 heavy (non-hydrogen) atoms. The van der Waals surface area contributed by atoms with E-state index in [-0.39, 0.29) is 11.5 Å². The van der Waals surface area contributed by atoms with E-state index in [4.69, 9.17) is 5.11 Å². The minimum absolute atomic E-state index is 0.136. The van der Waals surface area contributed by atoms with Gasteiger partial charge in [-0.2, -0.15) is 0 Å². The summed E-state index contributed by atoms with van der Waals surface area (Å²) in [7, 11) is 0. The highest BCUT2D eigenvalue weighted by atomic mass is 32.1. The second kappa shape index (κ2) is 4.40. The summed E-state index contributed by atoms with van der Waals surface area (Å²) in [5.41, 5.74) is 1.72. The fraction of sp³-hybridized carbons (Fsp3) is 0.0769. The maximum atomic E-state index is 11.8. The number of aliphatic imine (C=N–C) groups is 1. The number of carbonyl (C=O) groups is 2. The molecule has 1 aliphatic rings. The fourth-order valence-corrected chi connectivity index (χ4v) is 2.78. The van der Waals surface area contributed by atoms with E-state index in [9.17, 15) is 9.59 Å². The maximum absolute atomic E-state index is 11.8. The van der Waals surface area contributed by atoms with E-state index in [0.717, 1.165) is 4.88 Å². The van der Waals surface area contributed by atoms with Crippen molar-refractivity contribution in [2.24, 2.45) is 4.99 Å². The van der Waals surface area contributed by atoms with Gasteiger partial charge < -0.3 is 5.11 Å². The van der Waals surface area contributed by atoms with Gasteiger partial charge in [-0.25, -0.2) is 9.79 Å². The van der Waals surface area contributed by atoms with Crippen LogP contribution in [-0.2, 0) is 6.42 Å². The largest absolute Gasteiger partial charge is 0.478 e. The molecule has 2 aromatic rings. The van der Waals surface area contributed by atoms with Gasteiger partial charge in [0.15, 0.2) is 0 Å². The van der Waals surface area contributed by atoms with Crippen LogP contribution in [0, 0.1) is 0 Å². The standard InChI is InChI=1S/C13H8N2O3S/c16-12-8-2-4-19-11(8)6-10(15-12)9-5-7(13(17)18)1-3-14-9/h1-5H,6H2,(H,17,18). The number of hydrogen-bond acceptors (Lipinski definition) is 4. The third kappa shape index (κ3) is 2.06. The molecule has 5 nitrogen and oxygen atoms in total. The van der Waals surface area contributed by atoms with Crippen LogP contribution >= 0.6 is 11.3 Å². The Kier molecular flexibility index (Phi) is 2.72. The van der Waals surface area contributed by atoms with Crippen LogP contribution in [0.15, 0.2) is 34.8 Å². The van der Waals surface area contributed by atoms with Gasteiger partial charge in [0.2, 0.25) is 0 Å². The minimum atomic E-state index is -1.02. The van der Waals surface area contributed by atoms with Gasteiger partial charge in [0.25, 0.3) is 5.91 Å². The number of nitrogens with zero attached hydrogens (tertiary/aromatic N) is 2. The molecule has 94 valence electrons. The Bertz CT molecular complexity index is 718. The minimum Gasteiger partial charge on any atom is -0.478 e. The number of aromatic nitrogens is 1. The average Bonchev–Trinajstić information content (AvgIpc) is 2.87. The summed E-state index contributed by atoms with van der Waals surface area (Å²) in [6.45, 7) is 0. The summed E-state index contributed by atoms with van der Waals surface area (Å²) in [4.78, 5) is 31.8. The van der Waals surface area contributed by atoms with E-state index in [1.807, 2.05) is 5.38 Å². The third-order valence-electron chi connectivity index (χ3n) is 2.84. The quantitative estimate of drug-likeness (QED) is 0.907. The van der Waals surface area contributed by atoms with Crippen LogP contribution < -0.4 is 0 Å². The zero-order valence-corrected chi connectivity index (χ0v) is 10.5. The lowest BCUT2D eigenvalue weighted by Gasteiger charge is -2.11. The van der Waals surface area contributed by atoms with Crippen LogP contribution in [0.5, 0.6) is 0 Å².